The van der Waals surface area contributed by atoms with Gasteiger partial charge in [-0.3, -0.25) is 4.79 Å². The van der Waals surface area contributed by atoms with Gasteiger partial charge in [-0.05, 0) is 24.1 Å². The number of carbonyl (C=O) groups is 1. The van der Waals surface area contributed by atoms with Gasteiger partial charge in [0.05, 0.1) is 5.75 Å². The molecule has 0 heterocycles. The van der Waals surface area contributed by atoms with Crippen molar-refractivity contribution in [2.45, 2.75) is 30.6 Å². The van der Waals surface area contributed by atoms with E-state index in [1.807, 2.05) is 18.2 Å². The van der Waals surface area contributed by atoms with Crippen molar-refractivity contribution in [1.29, 1.82) is 0 Å². The highest BCUT2D eigenvalue weighted by Gasteiger charge is 2.20. The Hall–Kier alpha value is -0.280. The van der Waals surface area contributed by atoms with Crippen LogP contribution in [0, 0.1) is 5.92 Å². The zero-order chi connectivity index (χ0) is 11.4. The maximum Gasteiger partial charge on any atom is 0.143 e. The van der Waals surface area contributed by atoms with Gasteiger partial charge in [-0.2, -0.15) is 0 Å². The third-order valence-corrected chi connectivity index (χ3v) is 4.48. The molecule has 0 amide bonds. The normalized spacial score (nSPS) is 15.8. The Bertz CT molecular complexity index is 374. The molecule has 1 saturated carbocycles. The molecular weight excluding hydrogens is 284 g/mol. The zero-order valence-electron chi connectivity index (χ0n) is 9.12. The van der Waals surface area contributed by atoms with Crippen molar-refractivity contribution in [2.75, 3.05) is 5.75 Å². The van der Waals surface area contributed by atoms with Crippen LogP contribution in [-0.2, 0) is 4.79 Å². The Morgan fingerprint density at radius 3 is 2.88 bits per heavy atom. The quantitative estimate of drug-likeness (QED) is 0.754. The highest BCUT2D eigenvalue weighted by molar-refractivity contribution is 9.10. The third kappa shape index (κ3) is 3.63. The van der Waals surface area contributed by atoms with E-state index >= 15 is 0 Å². The van der Waals surface area contributed by atoms with Gasteiger partial charge in [0.25, 0.3) is 0 Å². The average Bonchev–Trinajstić information content (AvgIpc) is 2.21. The van der Waals surface area contributed by atoms with Crippen molar-refractivity contribution in [1.82, 2.24) is 0 Å². The summed E-state index contributed by atoms with van der Waals surface area (Å²) in [5, 5.41) is 0. The van der Waals surface area contributed by atoms with E-state index in [4.69, 9.17) is 0 Å². The summed E-state index contributed by atoms with van der Waals surface area (Å²) in [5.41, 5.74) is 0. The fraction of sp³-hybridized carbons (Fsp3) is 0.462. The van der Waals surface area contributed by atoms with Crippen LogP contribution in [0.25, 0.3) is 0 Å². The van der Waals surface area contributed by atoms with Gasteiger partial charge in [-0.1, -0.05) is 41.3 Å². The average molecular weight is 299 g/mol. The Balaban J connectivity index is 1.75. The molecular formula is C13H15BrOS. The fourth-order valence-electron chi connectivity index (χ4n) is 1.80. The second kappa shape index (κ2) is 5.87. The maximum atomic E-state index is 11.7. The van der Waals surface area contributed by atoms with Crippen molar-refractivity contribution in [2.24, 2.45) is 5.92 Å². The van der Waals surface area contributed by atoms with Crippen LogP contribution in [0.15, 0.2) is 33.6 Å². The first kappa shape index (κ1) is 12.2. The van der Waals surface area contributed by atoms with Crippen molar-refractivity contribution in [3.8, 4) is 0 Å². The minimum atomic E-state index is 0.398. The molecule has 0 atom stereocenters. The number of benzene rings is 1. The molecule has 1 aliphatic carbocycles. The van der Waals surface area contributed by atoms with E-state index in [1.54, 1.807) is 11.8 Å². The van der Waals surface area contributed by atoms with Crippen LogP contribution in [0.2, 0.25) is 0 Å². The number of thioether (sulfide) groups is 1. The molecule has 1 fully saturated rings. The molecule has 1 aromatic rings. The van der Waals surface area contributed by atoms with E-state index in [0.717, 1.165) is 15.8 Å². The SMILES string of the molecule is O=C(CSc1cccc(Br)c1)CC1CCC1. The predicted molar refractivity (Wildman–Crippen MR) is 71.8 cm³/mol. The zero-order valence-corrected chi connectivity index (χ0v) is 11.5. The first-order chi connectivity index (χ1) is 7.74. The van der Waals surface area contributed by atoms with Gasteiger partial charge in [0.1, 0.15) is 5.78 Å². The van der Waals surface area contributed by atoms with Gasteiger partial charge in [0.2, 0.25) is 0 Å². The molecule has 2 rings (SSSR count). The van der Waals surface area contributed by atoms with Crippen LogP contribution in [0.3, 0.4) is 0 Å². The number of rotatable bonds is 5. The number of hydrogen-bond acceptors (Lipinski definition) is 2. The standard InChI is InChI=1S/C13H15BrOS/c14-11-5-2-6-13(8-11)16-9-12(15)7-10-3-1-4-10/h2,5-6,8,10H,1,3-4,7,9H2. The minimum absolute atomic E-state index is 0.398. The van der Waals surface area contributed by atoms with Gasteiger partial charge in [-0.15, -0.1) is 11.8 Å². The molecule has 16 heavy (non-hydrogen) atoms. The Morgan fingerprint density at radius 1 is 1.44 bits per heavy atom. The van der Waals surface area contributed by atoms with E-state index in [9.17, 15) is 4.79 Å². The molecule has 0 bridgehead atoms. The minimum Gasteiger partial charge on any atom is -0.299 e. The van der Waals surface area contributed by atoms with E-state index < -0.39 is 0 Å². The number of halogens is 1. The maximum absolute atomic E-state index is 11.7. The lowest BCUT2D eigenvalue weighted by molar-refractivity contribution is -0.118. The predicted octanol–water partition coefficient (Wildman–Crippen LogP) is 4.30. The van der Waals surface area contributed by atoms with E-state index in [1.165, 1.54) is 19.3 Å². The fourth-order valence-corrected chi connectivity index (χ4v) is 3.18. The van der Waals surface area contributed by atoms with Crippen molar-refractivity contribution in [3.05, 3.63) is 28.7 Å². The molecule has 0 spiro atoms. The number of hydrogen-bond donors (Lipinski definition) is 0. The summed E-state index contributed by atoms with van der Waals surface area (Å²) < 4.78 is 1.07. The van der Waals surface area contributed by atoms with Crippen LogP contribution in [0.4, 0.5) is 0 Å². The molecule has 0 N–H and O–H groups in total. The molecule has 1 aromatic carbocycles. The summed E-state index contributed by atoms with van der Waals surface area (Å²) in [7, 11) is 0. The van der Waals surface area contributed by atoms with Crippen LogP contribution >= 0.6 is 27.7 Å². The lowest BCUT2D eigenvalue weighted by atomic mass is 9.82. The summed E-state index contributed by atoms with van der Waals surface area (Å²) >= 11 is 5.07. The van der Waals surface area contributed by atoms with Gasteiger partial charge in [0.15, 0.2) is 0 Å². The van der Waals surface area contributed by atoms with Crippen LogP contribution in [0.1, 0.15) is 25.7 Å². The summed E-state index contributed by atoms with van der Waals surface area (Å²) in [4.78, 5) is 12.8. The molecule has 0 saturated heterocycles. The van der Waals surface area contributed by atoms with E-state index in [0.29, 0.717) is 17.5 Å². The van der Waals surface area contributed by atoms with Crippen molar-refractivity contribution < 1.29 is 4.79 Å². The number of carbonyl (C=O) groups excluding carboxylic acids is 1. The molecule has 0 aromatic heterocycles. The van der Waals surface area contributed by atoms with Crippen LogP contribution in [-0.4, -0.2) is 11.5 Å². The molecule has 3 heteroatoms. The largest absolute Gasteiger partial charge is 0.299 e. The van der Waals surface area contributed by atoms with Crippen molar-refractivity contribution in [3.63, 3.8) is 0 Å². The highest BCUT2D eigenvalue weighted by Crippen LogP contribution is 2.30. The van der Waals surface area contributed by atoms with Crippen LogP contribution in [0.5, 0.6) is 0 Å². The summed E-state index contributed by atoms with van der Waals surface area (Å²) in [6.45, 7) is 0. The topological polar surface area (TPSA) is 17.1 Å². The first-order valence-electron chi connectivity index (χ1n) is 5.64. The van der Waals surface area contributed by atoms with Gasteiger partial charge in [0, 0.05) is 15.8 Å². The number of Topliss-reactive ketones (excluding diaryl/α,β-unsaturated/α-hetero) is 1. The molecule has 0 radical (unpaired) electrons. The highest BCUT2D eigenvalue weighted by atomic mass is 79.9. The summed E-state index contributed by atoms with van der Waals surface area (Å²) in [5.74, 6) is 1.71. The third-order valence-electron chi connectivity index (χ3n) is 2.94. The summed E-state index contributed by atoms with van der Waals surface area (Å²) in [6, 6.07) is 8.11. The van der Waals surface area contributed by atoms with E-state index in [2.05, 4.69) is 22.0 Å². The van der Waals surface area contributed by atoms with Gasteiger partial charge in [-0.25, -0.2) is 0 Å². The van der Waals surface area contributed by atoms with Gasteiger partial charge >= 0.3 is 0 Å². The Kier molecular flexibility index (Phi) is 4.47. The lowest BCUT2D eigenvalue weighted by Crippen LogP contribution is -2.16. The summed E-state index contributed by atoms with van der Waals surface area (Å²) in [6.07, 6.45) is 4.62. The van der Waals surface area contributed by atoms with Gasteiger partial charge < -0.3 is 0 Å². The second-order valence-corrected chi connectivity index (χ2v) is 6.25. The Morgan fingerprint density at radius 2 is 2.25 bits per heavy atom. The molecule has 0 unspecified atom stereocenters. The first-order valence-corrected chi connectivity index (χ1v) is 7.42. The molecule has 1 nitrogen and oxygen atoms in total. The van der Waals surface area contributed by atoms with Crippen LogP contribution < -0.4 is 0 Å². The number of ketones is 1. The monoisotopic (exact) mass is 298 g/mol. The molecule has 0 aliphatic heterocycles. The van der Waals surface area contributed by atoms with E-state index in [-0.39, 0.29) is 0 Å². The van der Waals surface area contributed by atoms with Crippen molar-refractivity contribution >= 4 is 33.5 Å². The molecule has 86 valence electrons. The smallest absolute Gasteiger partial charge is 0.143 e. The second-order valence-electron chi connectivity index (χ2n) is 4.29. The Labute approximate surface area is 109 Å². The molecule has 1 aliphatic rings. The lowest BCUT2D eigenvalue weighted by Gasteiger charge is -2.24.